The van der Waals surface area contributed by atoms with Crippen molar-refractivity contribution in [3.8, 4) is 5.75 Å². The van der Waals surface area contributed by atoms with Crippen LogP contribution >= 0.6 is 15.9 Å². The standard InChI is InChI=1S/C16H19BrN2O/c1-2-14(18)8-12-4-3-5-16(9-12)20-11-15-7-6-13(17)10-19-15/h3-7,9-10,14H,2,8,11,18H2,1H3. The van der Waals surface area contributed by atoms with E-state index in [1.807, 2.05) is 30.3 Å². The molecule has 106 valence electrons. The number of ether oxygens (including phenoxy) is 1. The summed E-state index contributed by atoms with van der Waals surface area (Å²) in [7, 11) is 0. The molecule has 0 spiro atoms. The molecule has 1 aromatic carbocycles. The average Bonchev–Trinajstić information content (AvgIpc) is 2.47. The number of aromatic nitrogens is 1. The summed E-state index contributed by atoms with van der Waals surface area (Å²) in [6, 6.07) is 12.2. The monoisotopic (exact) mass is 334 g/mol. The molecule has 20 heavy (non-hydrogen) atoms. The van der Waals surface area contributed by atoms with E-state index in [0.29, 0.717) is 6.61 Å². The summed E-state index contributed by atoms with van der Waals surface area (Å²) in [6.45, 7) is 2.57. The first kappa shape index (κ1) is 15.0. The van der Waals surface area contributed by atoms with Crippen molar-refractivity contribution >= 4 is 15.9 Å². The van der Waals surface area contributed by atoms with Crippen LogP contribution in [0.3, 0.4) is 0 Å². The lowest BCUT2D eigenvalue weighted by atomic mass is 10.0. The first-order chi connectivity index (χ1) is 9.67. The smallest absolute Gasteiger partial charge is 0.130 e. The molecular weight excluding hydrogens is 316 g/mol. The van der Waals surface area contributed by atoms with Crippen LogP contribution in [-0.4, -0.2) is 11.0 Å². The Morgan fingerprint density at radius 2 is 2.15 bits per heavy atom. The van der Waals surface area contributed by atoms with E-state index in [1.165, 1.54) is 5.56 Å². The van der Waals surface area contributed by atoms with Gasteiger partial charge in [0, 0.05) is 16.7 Å². The van der Waals surface area contributed by atoms with Crippen molar-refractivity contribution < 1.29 is 4.74 Å². The molecule has 0 saturated carbocycles. The first-order valence-corrected chi connectivity index (χ1v) is 7.54. The van der Waals surface area contributed by atoms with Gasteiger partial charge in [0.2, 0.25) is 0 Å². The summed E-state index contributed by atoms with van der Waals surface area (Å²) < 4.78 is 6.74. The second kappa shape index (κ2) is 7.41. The van der Waals surface area contributed by atoms with Crippen molar-refractivity contribution in [2.75, 3.05) is 0 Å². The SMILES string of the molecule is CCC(N)Cc1cccc(OCc2ccc(Br)cn2)c1. The maximum absolute atomic E-state index is 5.98. The van der Waals surface area contributed by atoms with Crippen LogP contribution in [0.1, 0.15) is 24.6 Å². The van der Waals surface area contributed by atoms with Crippen LogP contribution in [-0.2, 0) is 13.0 Å². The van der Waals surface area contributed by atoms with E-state index in [9.17, 15) is 0 Å². The molecule has 0 aliphatic rings. The molecule has 4 heteroatoms. The number of nitrogens with zero attached hydrogens (tertiary/aromatic N) is 1. The molecule has 0 aliphatic heterocycles. The third-order valence-electron chi connectivity index (χ3n) is 3.10. The van der Waals surface area contributed by atoms with Gasteiger partial charge in [0.1, 0.15) is 12.4 Å². The van der Waals surface area contributed by atoms with E-state index < -0.39 is 0 Å². The van der Waals surface area contributed by atoms with E-state index >= 15 is 0 Å². The van der Waals surface area contributed by atoms with Gasteiger partial charge in [-0.2, -0.15) is 0 Å². The molecule has 3 nitrogen and oxygen atoms in total. The van der Waals surface area contributed by atoms with Gasteiger partial charge in [-0.05, 0) is 58.6 Å². The highest BCUT2D eigenvalue weighted by Crippen LogP contribution is 2.16. The lowest BCUT2D eigenvalue weighted by Crippen LogP contribution is -2.21. The molecule has 0 radical (unpaired) electrons. The molecule has 0 aliphatic carbocycles. The van der Waals surface area contributed by atoms with Crippen LogP contribution in [0.25, 0.3) is 0 Å². The predicted molar refractivity (Wildman–Crippen MR) is 84.7 cm³/mol. The molecule has 0 fully saturated rings. The van der Waals surface area contributed by atoms with E-state index in [4.69, 9.17) is 10.5 Å². The molecule has 1 unspecified atom stereocenters. The summed E-state index contributed by atoms with van der Waals surface area (Å²) in [5.74, 6) is 0.857. The van der Waals surface area contributed by atoms with Crippen LogP contribution in [0.15, 0.2) is 47.1 Å². The van der Waals surface area contributed by atoms with Crippen LogP contribution in [0.4, 0.5) is 0 Å². The first-order valence-electron chi connectivity index (χ1n) is 6.75. The van der Waals surface area contributed by atoms with E-state index in [2.05, 4.69) is 33.9 Å². The third-order valence-corrected chi connectivity index (χ3v) is 3.57. The van der Waals surface area contributed by atoms with E-state index in [1.54, 1.807) is 6.20 Å². The average molecular weight is 335 g/mol. The van der Waals surface area contributed by atoms with Gasteiger partial charge in [-0.3, -0.25) is 4.98 Å². The Balaban J connectivity index is 1.95. The number of hydrogen-bond donors (Lipinski definition) is 1. The largest absolute Gasteiger partial charge is 0.487 e. The molecule has 2 N–H and O–H groups in total. The molecular formula is C16H19BrN2O. The lowest BCUT2D eigenvalue weighted by Gasteiger charge is -2.11. The number of benzene rings is 1. The summed E-state index contributed by atoms with van der Waals surface area (Å²) in [6.07, 6.45) is 3.63. The van der Waals surface area contributed by atoms with Crippen LogP contribution < -0.4 is 10.5 Å². The van der Waals surface area contributed by atoms with Crippen LogP contribution in [0.5, 0.6) is 5.75 Å². The topological polar surface area (TPSA) is 48.1 Å². The Morgan fingerprint density at radius 1 is 1.30 bits per heavy atom. The fourth-order valence-electron chi connectivity index (χ4n) is 1.86. The second-order valence-electron chi connectivity index (χ2n) is 4.78. The molecule has 2 rings (SSSR count). The molecule has 1 heterocycles. The molecule has 1 aromatic heterocycles. The van der Waals surface area contributed by atoms with Gasteiger partial charge in [0.05, 0.1) is 5.69 Å². The number of halogens is 1. The molecule has 0 bridgehead atoms. The van der Waals surface area contributed by atoms with Crippen molar-refractivity contribution in [3.63, 3.8) is 0 Å². The van der Waals surface area contributed by atoms with Gasteiger partial charge in [-0.25, -0.2) is 0 Å². The maximum Gasteiger partial charge on any atom is 0.130 e. The van der Waals surface area contributed by atoms with E-state index in [-0.39, 0.29) is 6.04 Å². The van der Waals surface area contributed by atoms with Gasteiger partial charge in [-0.15, -0.1) is 0 Å². The summed E-state index contributed by atoms with van der Waals surface area (Å²) in [4.78, 5) is 4.29. The van der Waals surface area contributed by atoms with Gasteiger partial charge >= 0.3 is 0 Å². The second-order valence-corrected chi connectivity index (χ2v) is 5.69. The molecule has 0 saturated heterocycles. The molecule has 1 atom stereocenters. The minimum atomic E-state index is 0.207. The van der Waals surface area contributed by atoms with Gasteiger partial charge in [0.25, 0.3) is 0 Å². The lowest BCUT2D eigenvalue weighted by molar-refractivity contribution is 0.301. The highest BCUT2D eigenvalue weighted by molar-refractivity contribution is 9.10. The molecule has 0 amide bonds. The van der Waals surface area contributed by atoms with Crippen molar-refractivity contribution in [1.82, 2.24) is 4.98 Å². The number of rotatable bonds is 6. The van der Waals surface area contributed by atoms with Crippen molar-refractivity contribution in [3.05, 3.63) is 58.3 Å². The van der Waals surface area contributed by atoms with Gasteiger partial charge in [-0.1, -0.05) is 19.1 Å². The van der Waals surface area contributed by atoms with Crippen molar-refractivity contribution in [1.29, 1.82) is 0 Å². The molecule has 2 aromatic rings. The zero-order valence-electron chi connectivity index (χ0n) is 11.6. The Labute approximate surface area is 128 Å². The Bertz CT molecular complexity index is 542. The third kappa shape index (κ3) is 4.62. The van der Waals surface area contributed by atoms with Crippen molar-refractivity contribution in [2.45, 2.75) is 32.4 Å². The summed E-state index contributed by atoms with van der Waals surface area (Å²) in [5.41, 5.74) is 8.09. The fraction of sp³-hybridized carbons (Fsp3) is 0.312. The number of nitrogens with two attached hydrogens (primary N) is 1. The van der Waals surface area contributed by atoms with Gasteiger partial charge in [0.15, 0.2) is 0 Å². The summed E-state index contributed by atoms with van der Waals surface area (Å²) in [5, 5.41) is 0. The van der Waals surface area contributed by atoms with Crippen molar-refractivity contribution in [2.24, 2.45) is 5.73 Å². The Kier molecular flexibility index (Phi) is 5.56. The minimum absolute atomic E-state index is 0.207. The van der Waals surface area contributed by atoms with Crippen LogP contribution in [0, 0.1) is 0 Å². The van der Waals surface area contributed by atoms with Gasteiger partial charge < -0.3 is 10.5 Å². The quantitative estimate of drug-likeness (QED) is 0.876. The van der Waals surface area contributed by atoms with E-state index in [0.717, 1.165) is 28.8 Å². The number of hydrogen-bond acceptors (Lipinski definition) is 3. The normalized spacial score (nSPS) is 12.2. The highest BCUT2D eigenvalue weighted by Gasteiger charge is 2.03. The zero-order valence-corrected chi connectivity index (χ0v) is 13.1. The highest BCUT2D eigenvalue weighted by atomic mass is 79.9. The predicted octanol–water partition coefficient (Wildman–Crippen LogP) is 3.70. The Morgan fingerprint density at radius 3 is 2.85 bits per heavy atom. The van der Waals surface area contributed by atoms with Crippen LogP contribution in [0.2, 0.25) is 0 Å². The Hall–Kier alpha value is -1.39. The maximum atomic E-state index is 5.98. The fourth-order valence-corrected chi connectivity index (χ4v) is 2.09. The zero-order chi connectivity index (χ0) is 14.4. The summed E-state index contributed by atoms with van der Waals surface area (Å²) >= 11 is 3.37. The minimum Gasteiger partial charge on any atom is -0.487 e. The number of pyridine rings is 1.